The number of halogens is 2. The minimum Gasteiger partial charge on any atom is -0.373 e. The molecule has 0 aliphatic carbocycles. The molecule has 6 heteroatoms. The molecule has 0 fully saturated rings. The lowest BCUT2D eigenvalue weighted by Crippen LogP contribution is -2.27. The highest BCUT2D eigenvalue weighted by molar-refractivity contribution is 9.10. The van der Waals surface area contributed by atoms with Crippen molar-refractivity contribution in [3.05, 3.63) is 57.2 Å². The van der Waals surface area contributed by atoms with Crippen LogP contribution in [0.15, 0.2) is 41.0 Å². The summed E-state index contributed by atoms with van der Waals surface area (Å²) in [6.45, 7) is 1.92. The lowest BCUT2D eigenvalue weighted by Gasteiger charge is -2.15. The number of benzene rings is 1. The van der Waals surface area contributed by atoms with Gasteiger partial charge in [0.1, 0.15) is 5.82 Å². The van der Waals surface area contributed by atoms with Crippen LogP contribution >= 0.6 is 27.5 Å². The van der Waals surface area contributed by atoms with Crippen LogP contribution < -0.4 is 10.6 Å². The molecule has 1 unspecified atom stereocenters. The molecule has 1 heterocycles. The van der Waals surface area contributed by atoms with Crippen molar-refractivity contribution in [3.63, 3.8) is 0 Å². The molecule has 21 heavy (non-hydrogen) atoms. The number of hydrogen-bond acceptors (Lipinski definition) is 3. The van der Waals surface area contributed by atoms with Crippen LogP contribution in [-0.4, -0.2) is 17.9 Å². The van der Waals surface area contributed by atoms with Crippen LogP contribution in [0.25, 0.3) is 0 Å². The quantitative estimate of drug-likeness (QED) is 0.856. The standard InChI is InChI=1S/C15H15BrClN3O/c1-9(10-4-3-5-11(16)6-10)20-15(21)12-7-14(18-2)19-8-13(12)17/h3-9H,1-2H3,(H,18,19)(H,20,21). The van der Waals surface area contributed by atoms with Crippen molar-refractivity contribution in [2.75, 3.05) is 12.4 Å². The molecule has 4 nitrogen and oxygen atoms in total. The van der Waals surface area contributed by atoms with E-state index in [9.17, 15) is 4.79 Å². The highest BCUT2D eigenvalue weighted by Crippen LogP contribution is 2.21. The maximum absolute atomic E-state index is 12.3. The van der Waals surface area contributed by atoms with Gasteiger partial charge in [-0.05, 0) is 30.7 Å². The maximum atomic E-state index is 12.3. The first kappa shape index (κ1) is 15.8. The van der Waals surface area contributed by atoms with Gasteiger partial charge in [-0.25, -0.2) is 4.98 Å². The number of pyridine rings is 1. The van der Waals surface area contributed by atoms with Gasteiger partial charge in [-0.2, -0.15) is 0 Å². The van der Waals surface area contributed by atoms with E-state index in [0.717, 1.165) is 10.0 Å². The number of hydrogen-bond donors (Lipinski definition) is 2. The van der Waals surface area contributed by atoms with E-state index in [1.165, 1.54) is 6.20 Å². The van der Waals surface area contributed by atoms with Crippen LogP contribution in [0, 0.1) is 0 Å². The van der Waals surface area contributed by atoms with Crippen molar-refractivity contribution in [3.8, 4) is 0 Å². The molecule has 1 atom stereocenters. The average Bonchev–Trinajstić information content (AvgIpc) is 2.47. The predicted octanol–water partition coefficient (Wildman–Crippen LogP) is 4.03. The highest BCUT2D eigenvalue weighted by Gasteiger charge is 2.15. The largest absolute Gasteiger partial charge is 0.373 e. The Morgan fingerprint density at radius 1 is 1.38 bits per heavy atom. The summed E-state index contributed by atoms with van der Waals surface area (Å²) < 4.78 is 0.973. The van der Waals surface area contributed by atoms with Crippen molar-refractivity contribution in [2.45, 2.75) is 13.0 Å². The molecule has 0 spiro atoms. The number of aromatic nitrogens is 1. The molecule has 0 bridgehead atoms. The summed E-state index contributed by atoms with van der Waals surface area (Å²) in [6.07, 6.45) is 1.46. The van der Waals surface area contributed by atoms with E-state index >= 15 is 0 Å². The molecule has 0 aliphatic heterocycles. The maximum Gasteiger partial charge on any atom is 0.253 e. The Morgan fingerprint density at radius 3 is 2.81 bits per heavy atom. The van der Waals surface area contributed by atoms with Gasteiger partial charge in [-0.3, -0.25) is 4.79 Å². The van der Waals surface area contributed by atoms with Crippen LogP contribution in [0.4, 0.5) is 5.82 Å². The fraction of sp³-hybridized carbons (Fsp3) is 0.200. The zero-order valence-electron chi connectivity index (χ0n) is 11.7. The number of carbonyl (C=O) groups is 1. The smallest absolute Gasteiger partial charge is 0.253 e. The molecule has 110 valence electrons. The van der Waals surface area contributed by atoms with Crippen molar-refractivity contribution in [1.82, 2.24) is 10.3 Å². The summed E-state index contributed by atoms with van der Waals surface area (Å²) in [5.74, 6) is 0.367. The van der Waals surface area contributed by atoms with E-state index in [0.29, 0.717) is 16.4 Å². The third kappa shape index (κ3) is 3.95. The monoisotopic (exact) mass is 367 g/mol. The van der Waals surface area contributed by atoms with Gasteiger partial charge in [-0.15, -0.1) is 0 Å². The third-order valence-corrected chi connectivity index (χ3v) is 3.85. The number of rotatable bonds is 4. The number of anilines is 1. The van der Waals surface area contributed by atoms with Gasteiger partial charge < -0.3 is 10.6 Å². The fourth-order valence-corrected chi connectivity index (χ4v) is 2.49. The fourth-order valence-electron chi connectivity index (χ4n) is 1.88. The zero-order valence-corrected chi connectivity index (χ0v) is 14.0. The molecule has 2 aromatic rings. The minimum absolute atomic E-state index is 0.128. The molecule has 2 rings (SSSR count). The molecule has 0 saturated carbocycles. The van der Waals surface area contributed by atoms with Crippen molar-refractivity contribution < 1.29 is 4.79 Å². The Morgan fingerprint density at radius 2 is 2.14 bits per heavy atom. The molecule has 1 amide bonds. The molecule has 0 aliphatic rings. The summed E-state index contributed by atoms with van der Waals surface area (Å²) in [5.41, 5.74) is 1.41. The Balaban J connectivity index is 2.18. The lowest BCUT2D eigenvalue weighted by atomic mass is 10.1. The van der Waals surface area contributed by atoms with Crippen LogP contribution in [0.5, 0.6) is 0 Å². The lowest BCUT2D eigenvalue weighted by molar-refractivity contribution is 0.0940. The molecule has 0 saturated heterocycles. The average molecular weight is 369 g/mol. The van der Waals surface area contributed by atoms with Crippen molar-refractivity contribution in [1.29, 1.82) is 0 Å². The van der Waals surface area contributed by atoms with Crippen LogP contribution in [0.1, 0.15) is 28.9 Å². The summed E-state index contributed by atoms with van der Waals surface area (Å²) in [4.78, 5) is 16.4. The van der Waals surface area contributed by atoms with Gasteiger partial charge in [0, 0.05) is 17.7 Å². The molecular weight excluding hydrogens is 354 g/mol. The summed E-state index contributed by atoms with van der Waals surface area (Å²) in [6, 6.07) is 9.31. The Labute approximate surface area is 137 Å². The second kappa shape index (κ2) is 6.91. The van der Waals surface area contributed by atoms with Crippen LogP contribution in [-0.2, 0) is 0 Å². The molecule has 0 radical (unpaired) electrons. The third-order valence-electron chi connectivity index (χ3n) is 3.05. The van der Waals surface area contributed by atoms with Crippen molar-refractivity contribution in [2.24, 2.45) is 0 Å². The Kier molecular flexibility index (Phi) is 5.20. The normalized spacial score (nSPS) is 11.8. The van der Waals surface area contributed by atoms with Crippen LogP contribution in [0.3, 0.4) is 0 Å². The number of nitrogens with one attached hydrogen (secondary N) is 2. The van der Waals surface area contributed by atoms with Gasteiger partial charge in [-0.1, -0.05) is 39.7 Å². The first-order valence-corrected chi connectivity index (χ1v) is 7.58. The first-order valence-electron chi connectivity index (χ1n) is 6.41. The minimum atomic E-state index is -0.230. The van der Waals surface area contributed by atoms with E-state index in [-0.39, 0.29) is 11.9 Å². The highest BCUT2D eigenvalue weighted by atomic mass is 79.9. The molecular formula is C15H15BrClN3O. The van der Waals surface area contributed by atoms with Gasteiger partial charge in [0.2, 0.25) is 0 Å². The van der Waals surface area contributed by atoms with E-state index in [1.807, 2.05) is 31.2 Å². The topological polar surface area (TPSA) is 54.0 Å². The molecule has 2 N–H and O–H groups in total. The van der Waals surface area contributed by atoms with Gasteiger partial charge in [0.15, 0.2) is 0 Å². The molecule has 1 aromatic heterocycles. The number of carbonyl (C=O) groups excluding carboxylic acids is 1. The Bertz CT molecular complexity index is 663. The SMILES string of the molecule is CNc1cc(C(=O)NC(C)c2cccc(Br)c2)c(Cl)cn1. The number of nitrogens with zero attached hydrogens (tertiary/aromatic N) is 1. The van der Waals surface area contributed by atoms with E-state index in [4.69, 9.17) is 11.6 Å². The second-order valence-corrected chi connectivity index (χ2v) is 5.87. The van der Waals surface area contributed by atoms with Gasteiger partial charge in [0.25, 0.3) is 5.91 Å². The van der Waals surface area contributed by atoms with Gasteiger partial charge in [0.05, 0.1) is 16.6 Å². The second-order valence-electron chi connectivity index (χ2n) is 4.55. The van der Waals surface area contributed by atoms with E-state index < -0.39 is 0 Å². The summed E-state index contributed by atoms with van der Waals surface area (Å²) in [5, 5.41) is 6.14. The predicted molar refractivity (Wildman–Crippen MR) is 88.8 cm³/mol. The Hall–Kier alpha value is -1.59. The molecule has 1 aromatic carbocycles. The van der Waals surface area contributed by atoms with Crippen LogP contribution in [0.2, 0.25) is 5.02 Å². The van der Waals surface area contributed by atoms with Crippen molar-refractivity contribution >= 4 is 39.3 Å². The first-order chi connectivity index (χ1) is 10.0. The van der Waals surface area contributed by atoms with E-state index in [2.05, 4.69) is 31.5 Å². The number of amides is 1. The summed E-state index contributed by atoms with van der Waals surface area (Å²) >= 11 is 9.47. The summed E-state index contributed by atoms with van der Waals surface area (Å²) in [7, 11) is 1.74. The van der Waals surface area contributed by atoms with E-state index in [1.54, 1.807) is 13.1 Å². The zero-order chi connectivity index (χ0) is 15.4. The van der Waals surface area contributed by atoms with Gasteiger partial charge >= 0.3 is 0 Å².